The van der Waals surface area contributed by atoms with Crippen LogP contribution in [0.2, 0.25) is 5.15 Å². The van der Waals surface area contributed by atoms with E-state index in [2.05, 4.69) is 29.1 Å². The minimum absolute atomic E-state index is 0.375. The molecule has 1 heterocycles. The zero-order valence-corrected chi connectivity index (χ0v) is 11.4. The fourth-order valence-electron chi connectivity index (χ4n) is 1.67. The summed E-state index contributed by atoms with van der Waals surface area (Å²) in [5, 5.41) is 3.82. The van der Waals surface area contributed by atoms with Gasteiger partial charge >= 0.3 is 0 Å². The second-order valence-electron chi connectivity index (χ2n) is 3.96. The van der Waals surface area contributed by atoms with Crippen LogP contribution in [0, 0.1) is 0 Å². The van der Waals surface area contributed by atoms with Gasteiger partial charge in [-0.2, -0.15) is 0 Å². The minimum atomic E-state index is 0.375. The zero-order valence-electron chi connectivity index (χ0n) is 10.7. The van der Waals surface area contributed by atoms with Gasteiger partial charge in [-0.1, -0.05) is 31.9 Å². The standard InChI is InChI=1S/C12H20ClN3O/c1-4-6-9(5-2)14-11-7-10(13)15-12(16-11)8-17-3/h7,9H,4-6,8H2,1-3H3,(H,14,15,16). The highest BCUT2D eigenvalue weighted by atomic mass is 35.5. The first-order chi connectivity index (χ1) is 8.19. The average Bonchev–Trinajstić information content (AvgIpc) is 2.28. The maximum Gasteiger partial charge on any atom is 0.158 e. The molecule has 1 atom stereocenters. The number of anilines is 1. The van der Waals surface area contributed by atoms with Crippen molar-refractivity contribution >= 4 is 17.4 Å². The average molecular weight is 258 g/mol. The summed E-state index contributed by atoms with van der Waals surface area (Å²) in [6, 6.07) is 2.18. The van der Waals surface area contributed by atoms with E-state index in [1.807, 2.05) is 0 Å². The number of methoxy groups -OCH3 is 1. The van der Waals surface area contributed by atoms with Crippen molar-refractivity contribution in [2.75, 3.05) is 12.4 Å². The molecule has 0 aliphatic carbocycles. The lowest BCUT2D eigenvalue weighted by atomic mass is 10.1. The van der Waals surface area contributed by atoms with Crippen molar-refractivity contribution in [3.63, 3.8) is 0 Å². The van der Waals surface area contributed by atoms with E-state index in [0.29, 0.717) is 23.6 Å². The maximum atomic E-state index is 5.94. The fraction of sp³-hybridized carbons (Fsp3) is 0.667. The molecule has 0 amide bonds. The third-order valence-corrected chi connectivity index (χ3v) is 2.69. The Morgan fingerprint density at radius 2 is 2.18 bits per heavy atom. The Labute approximate surface area is 108 Å². The molecule has 1 aromatic heterocycles. The molecule has 5 heteroatoms. The summed E-state index contributed by atoms with van der Waals surface area (Å²) in [7, 11) is 1.61. The van der Waals surface area contributed by atoms with E-state index in [4.69, 9.17) is 16.3 Å². The highest BCUT2D eigenvalue weighted by Crippen LogP contribution is 2.15. The normalized spacial score (nSPS) is 12.5. The van der Waals surface area contributed by atoms with Gasteiger partial charge in [0.25, 0.3) is 0 Å². The van der Waals surface area contributed by atoms with Gasteiger partial charge in [0.15, 0.2) is 5.82 Å². The Bertz CT molecular complexity index is 347. The van der Waals surface area contributed by atoms with Gasteiger partial charge in [-0.3, -0.25) is 0 Å². The summed E-state index contributed by atoms with van der Waals surface area (Å²) < 4.78 is 5.01. The van der Waals surface area contributed by atoms with E-state index in [1.165, 1.54) is 0 Å². The van der Waals surface area contributed by atoms with Crippen LogP contribution in [0.1, 0.15) is 38.9 Å². The SMILES string of the molecule is CCCC(CC)Nc1cc(Cl)nc(COC)n1. The Morgan fingerprint density at radius 3 is 2.76 bits per heavy atom. The molecule has 0 spiro atoms. The lowest BCUT2D eigenvalue weighted by Crippen LogP contribution is -2.19. The number of hydrogen-bond donors (Lipinski definition) is 1. The van der Waals surface area contributed by atoms with E-state index in [0.717, 1.165) is 25.1 Å². The van der Waals surface area contributed by atoms with Gasteiger partial charge in [0, 0.05) is 19.2 Å². The molecule has 0 fully saturated rings. The molecule has 0 aliphatic rings. The molecule has 1 rings (SSSR count). The predicted octanol–water partition coefficient (Wildman–Crippen LogP) is 3.27. The van der Waals surface area contributed by atoms with Gasteiger partial charge in [-0.05, 0) is 12.8 Å². The van der Waals surface area contributed by atoms with Crippen molar-refractivity contribution in [1.29, 1.82) is 0 Å². The van der Waals surface area contributed by atoms with Crippen LogP contribution in [0.3, 0.4) is 0 Å². The first-order valence-electron chi connectivity index (χ1n) is 5.98. The van der Waals surface area contributed by atoms with Crippen molar-refractivity contribution in [3.05, 3.63) is 17.0 Å². The topological polar surface area (TPSA) is 47.0 Å². The summed E-state index contributed by atoms with van der Waals surface area (Å²) in [6.45, 7) is 4.71. The number of ether oxygens (including phenoxy) is 1. The Hall–Kier alpha value is -0.870. The van der Waals surface area contributed by atoms with Crippen LogP contribution in [0.15, 0.2) is 6.07 Å². The monoisotopic (exact) mass is 257 g/mol. The molecule has 17 heavy (non-hydrogen) atoms. The third kappa shape index (κ3) is 4.88. The number of rotatable bonds is 7. The highest BCUT2D eigenvalue weighted by Gasteiger charge is 2.08. The number of hydrogen-bond acceptors (Lipinski definition) is 4. The maximum absolute atomic E-state index is 5.94. The van der Waals surface area contributed by atoms with E-state index >= 15 is 0 Å². The van der Waals surface area contributed by atoms with Crippen LogP contribution in [0.4, 0.5) is 5.82 Å². The van der Waals surface area contributed by atoms with Gasteiger partial charge in [0.1, 0.15) is 17.6 Å². The van der Waals surface area contributed by atoms with E-state index in [9.17, 15) is 0 Å². The first-order valence-corrected chi connectivity index (χ1v) is 6.36. The molecular formula is C12H20ClN3O. The van der Waals surface area contributed by atoms with Gasteiger partial charge < -0.3 is 10.1 Å². The van der Waals surface area contributed by atoms with Crippen LogP contribution in [-0.4, -0.2) is 23.1 Å². The van der Waals surface area contributed by atoms with Crippen LogP contribution in [0.25, 0.3) is 0 Å². The van der Waals surface area contributed by atoms with Crippen molar-refractivity contribution in [2.24, 2.45) is 0 Å². The molecular weight excluding hydrogens is 238 g/mol. The predicted molar refractivity (Wildman–Crippen MR) is 70.4 cm³/mol. The molecule has 1 N–H and O–H groups in total. The number of nitrogens with zero attached hydrogens (tertiary/aromatic N) is 2. The Balaban J connectivity index is 2.75. The van der Waals surface area contributed by atoms with Crippen LogP contribution < -0.4 is 5.32 Å². The van der Waals surface area contributed by atoms with Gasteiger partial charge in [0.05, 0.1) is 0 Å². The van der Waals surface area contributed by atoms with E-state index < -0.39 is 0 Å². The molecule has 0 saturated carbocycles. The molecule has 0 aromatic carbocycles. The summed E-state index contributed by atoms with van der Waals surface area (Å²) in [5.74, 6) is 1.38. The number of nitrogens with one attached hydrogen (secondary N) is 1. The van der Waals surface area contributed by atoms with Crippen molar-refractivity contribution in [2.45, 2.75) is 45.8 Å². The first kappa shape index (κ1) is 14.2. The molecule has 1 aromatic rings. The van der Waals surface area contributed by atoms with Crippen LogP contribution in [-0.2, 0) is 11.3 Å². The molecule has 0 radical (unpaired) electrons. The van der Waals surface area contributed by atoms with Crippen LogP contribution in [0.5, 0.6) is 0 Å². The number of aromatic nitrogens is 2. The molecule has 0 aliphatic heterocycles. The molecule has 0 bridgehead atoms. The van der Waals surface area contributed by atoms with Gasteiger partial charge in [-0.15, -0.1) is 0 Å². The lowest BCUT2D eigenvalue weighted by Gasteiger charge is -2.17. The smallest absolute Gasteiger partial charge is 0.158 e. The van der Waals surface area contributed by atoms with Crippen LogP contribution >= 0.6 is 11.6 Å². The quantitative estimate of drug-likeness (QED) is 0.762. The highest BCUT2D eigenvalue weighted by molar-refractivity contribution is 6.29. The summed E-state index contributed by atoms with van der Waals surface area (Å²) >= 11 is 5.94. The van der Waals surface area contributed by atoms with E-state index in [1.54, 1.807) is 13.2 Å². The number of halogens is 1. The summed E-state index contributed by atoms with van der Waals surface area (Å²) in [5.41, 5.74) is 0. The Kier molecular flexibility index (Phi) is 6.22. The molecule has 0 saturated heterocycles. The molecule has 4 nitrogen and oxygen atoms in total. The van der Waals surface area contributed by atoms with Gasteiger partial charge in [-0.25, -0.2) is 9.97 Å². The van der Waals surface area contributed by atoms with E-state index in [-0.39, 0.29) is 0 Å². The van der Waals surface area contributed by atoms with Crippen molar-refractivity contribution in [3.8, 4) is 0 Å². The summed E-state index contributed by atoms with van der Waals surface area (Å²) in [6.07, 6.45) is 3.34. The third-order valence-electron chi connectivity index (χ3n) is 2.50. The molecule has 96 valence electrons. The second-order valence-corrected chi connectivity index (χ2v) is 4.35. The van der Waals surface area contributed by atoms with Crippen molar-refractivity contribution < 1.29 is 4.74 Å². The second kappa shape index (κ2) is 7.45. The fourth-order valence-corrected chi connectivity index (χ4v) is 1.87. The van der Waals surface area contributed by atoms with Crippen molar-refractivity contribution in [1.82, 2.24) is 9.97 Å². The zero-order chi connectivity index (χ0) is 12.7. The van der Waals surface area contributed by atoms with Gasteiger partial charge in [0.2, 0.25) is 0 Å². The molecule has 1 unspecified atom stereocenters. The minimum Gasteiger partial charge on any atom is -0.377 e. The summed E-state index contributed by atoms with van der Waals surface area (Å²) in [4.78, 5) is 8.45. The largest absolute Gasteiger partial charge is 0.377 e. The lowest BCUT2D eigenvalue weighted by molar-refractivity contribution is 0.178. The Morgan fingerprint density at radius 1 is 1.41 bits per heavy atom.